The van der Waals surface area contributed by atoms with Crippen LogP contribution in [-0.4, -0.2) is 18.6 Å². The van der Waals surface area contributed by atoms with Crippen molar-refractivity contribution in [2.75, 3.05) is 18.5 Å². The molecule has 0 aliphatic rings. The number of hydrogen-bond acceptors (Lipinski definition) is 3. The van der Waals surface area contributed by atoms with Crippen LogP contribution in [0.25, 0.3) is 0 Å². The van der Waals surface area contributed by atoms with Crippen LogP contribution < -0.4 is 10.2 Å². The third-order valence-corrected chi connectivity index (χ3v) is 3.37. The van der Waals surface area contributed by atoms with Gasteiger partial charge in [0.05, 0.1) is 5.02 Å². The fourth-order valence-electron chi connectivity index (χ4n) is 1.86. The molecule has 20 heavy (non-hydrogen) atoms. The van der Waals surface area contributed by atoms with E-state index in [1.54, 1.807) is 12.3 Å². The maximum atomic E-state index is 13.3. The largest absolute Gasteiger partial charge is 0.329 e. The summed E-state index contributed by atoms with van der Waals surface area (Å²) in [5.74, 6) is 0.462. The standard InChI is InChI=1S/C15H17ClFN3/c1-3-18-9-11-7-15(19-10-14(11)16)20(2)13-6-4-5-12(17)8-13/h4-8,10,18H,3,9H2,1-2H3. The van der Waals surface area contributed by atoms with Crippen molar-refractivity contribution in [1.82, 2.24) is 10.3 Å². The van der Waals surface area contributed by atoms with E-state index in [-0.39, 0.29) is 5.82 Å². The van der Waals surface area contributed by atoms with Crippen molar-refractivity contribution in [2.24, 2.45) is 0 Å². The second kappa shape index (κ2) is 6.68. The van der Waals surface area contributed by atoms with Crippen molar-refractivity contribution < 1.29 is 4.39 Å². The van der Waals surface area contributed by atoms with E-state index in [9.17, 15) is 4.39 Å². The number of nitrogens with zero attached hydrogens (tertiary/aromatic N) is 2. The van der Waals surface area contributed by atoms with Crippen LogP contribution in [-0.2, 0) is 6.54 Å². The fourth-order valence-corrected chi connectivity index (χ4v) is 2.03. The minimum absolute atomic E-state index is 0.267. The van der Waals surface area contributed by atoms with E-state index in [0.717, 1.165) is 23.6 Å². The molecule has 0 bridgehead atoms. The highest BCUT2D eigenvalue weighted by Crippen LogP contribution is 2.25. The number of halogens is 2. The molecule has 2 rings (SSSR count). The van der Waals surface area contributed by atoms with Crippen molar-refractivity contribution in [2.45, 2.75) is 13.5 Å². The van der Waals surface area contributed by atoms with Crippen LogP contribution in [0.5, 0.6) is 0 Å². The Kier molecular flexibility index (Phi) is 4.93. The Labute approximate surface area is 123 Å². The van der Waals surface area contributed by atoms with Crippen molar-refractivity contribution in [3.05, 3.63) is 52.9 Å². The lowest BCUT2D eigenvalue weighted by Gasteiger charge is -2.19. The second-order valence-corrected chi connectivity index (χ2v) is 4.86. The van der Waals surface area contributed by atoms with Gasteiger partial charge in [-0.2, -0.15) is 0 Å². The molecule has 3 nitrogen and oxygen atoms in total. The molecule has 1 N–H and O–H groups in total. The summed E-state index contributed by atoms with van der Waals surface area (Å²) in [5.41, 5.74) is 1.72. The lowest BCUT2D eigenvalue weighted by atomic mass is 10.2. The number of anilines is 2. The Morgan fingerprint density at radius 1 is 1.35 bits per heavy atom. The number of hydrogen-bond donors (Lipinski definition) is 1. The van der Waals surface area contributed by atoms with Crippen LogP contribution in [0.1, 0.15) is 12.5 Å². The SMILES string of the molecule is CCNCc1cc(N(C)c2cccc(F)c2)ncc1Cl. The van der Waals surface area contributed by atoms with Gasteiger partial charge in [0.25, 0.3) is 0 Å². The first-order chi connectivity index (χ1) is 9.61. The molecule has 0 aliphatic carbocycles. The average Bonchev–Trinajstić information content (AvgIpc) is 2.45. The van der Waals surface area contributed by atoms with Crippen LogP contribution in [0.15, 0.2) is 36.5 Å². The molecule has 0 saturated heterocycles. The first kappa shape index (κ1) is 14.8. The molecule has 0 radical (unpaired) electrons. The van der Waals surface area contributed by atoms with Gasteiger partial charge < -0.3 is 10.2 Å². The Morgan fingerprint density at radius 3 is 2.85 bits per heavy atom. The number of benzene rings is 1. The van der Waals surface area contributed by atoms with Gasteiger partial charge in [0.2, 0.25) is 0 Å². The molecule has 0 amide bonds. The number of rotatable bonds is 5. The molecule has 0 spiro atoms. The molecule has 2 aromatic rings. The van der Waals surface area contributed by atoms with Gasteiger partial charge >= 0.3 is 0 Å². The van der Waals surface area contributed by atoms with E-state index in [1.165, 1.54) is 12.1 Å². The third-order valence-electron chi connectivity index (χ3n) is 3.02. The lowest BCUT2D eigenvalue weighted by molar-refractivity contribution is 0.628. The molecule has 0 saturated carbocycles. The summed E-state index contributed by atoms with van der Waals surface area (Å²) >= 11 is 6.13. The zero-order chi connectivity index (χ0) is 14.5. The quantitative estimate of drug-likeness (QED) is 0.910. The maximum Gasteiger partial charge on any atom is 0.133 e. The van der Waals surface area contributed by atoms with Gasteiger partial charge in [-0.1, -0.05) is 24.6 Å². The van der Waals surface area contributed by atoms with E-state index in [4.69, 9.17) is 11.6 Å². The Bertz CT molecular complexity index is 589. The molecular formula is C15H17ClFN3. The molecule has 1 aromatic carbocycles. The van der Waals surface area contributed by atoms with Gasteiger partial charge in [-0.05, 0) is 36.4 Å². The predicted molar refractivity (Wildman–Crippen MR) is 81.1 cm³/mol. The van der Waals surface area contributed by atoms with Crippen LogP contribution in [0.4, 0.5) is 15.9 Å². The topological polar surface area (TPSA) is 28.2 Å². The zero-order valence-corrected chi connectivity index (χ0v) is 12.3. The number of aromatic nitrogens is 1. The van der Waals surface area contributed by atoms with Gasteiger partial charge in [0, 0.05) is 25.5 Å². The van der Waals surface area contributed by atoms with Crippen LogP contribution in [0, 0.1) is 5.82 Å². The second-order valence-electron chi connectivity index (χ2n) is 4.45. The molecule has 106 valence electrons. The first-order valence-corrected chi connectivity index (χ1v) is 6.84. The van der Waals surface area contributed by atoms with E-state index in [0.29, 0.717) is 11.6 Å². The van der Waals surface area contributed by atoms with Crippen LogP contribution >= 0.6 is 11.6 Å². The predicted octanol–water partition coefficient (Wildman–Crippen LogP) is 3.75. The van der Waals surface area contributed by atoms with Crippen LogP contribution in [0.2, 0.25) is 5.02 Å². The van der Waals surface area contributed by atoms with Gasteiger partial charge in [0.15, 0.2) is 0 Å². The van der Waals surface area contributed by atoms with Gasteiger partial charge in [-0.15, -0.1) is 0 Å². The summed E-state index contributed by atoms with van der Waals surface area (Å²) in [6.45, 7) is 3.59. The molecule has 0 aliphatic heterocycles. The normalized spacial score (nSPS) is 10.6. The van der Waals surface area contributed by atoms with Gasteiger partial charge in [0.1, 0.15) is 11.6 Å². The molecule has 0 fully saturated rings. The van der Waals surface area contributed by atoms with Crippen molar-refractivity contribution >= 4 is 23.1 Å². The van der Waals surface area contributed by atoms with Gasteiger partial charge in [-0.3, -0.25) is 0 Å². The number of nitrogens with one attached hydrogen (secondary N) is 1. The summed E-state index contributed by atoms with van der Waals surface area (Å²) in [6, 6.07) is 8.32. The van der Waals surface area contributed by atoms with Crippen molar-refractivity contribution in [1.29, 1.82) is 0 Å². The lowest BCUT2D eigenvalue weighted by Crippen LogP contribution is -2.15. The van der Waals surface area contributed by atoms with E-state index < -0.39 is 0 Å². The summed E-state index contributed by atoms with van der Waals surface area (Å²) in [5, 5.41) is 3.86. The Morgan fingerprint density at radius 2 is 2.15 bits per heavy atom. The summed E-state index contributed by atoms with van der Waals surface area (Å²) in [4.78, 5) is 6.12. The maximum absolute atomic E-state index is 13.3. The van der Waals surface area contributed by atoms with E-state index >= 15 is 0 Å². The van der Waals surface area contributed by atoms with E-state index in [1.807, 2.05) is 31.0 Å². The molecule has 0 atom stereocenters. The highest BCUT2D eigenvalue weighted by Gasteiger charge is 2.09. The highest BCUT2D eigenvalue weighted by atomic mass is 35.5. The Balaban J connectivity index is 2.28. The summed E-state index contributed by atoms with van der Waals surface area (Å²) in [6.07, 6.45) is 1.62. The monoisotopic (exact) mass is 293 g/mol. The highest BCUT2D eigenvalue weighted by molar-refractivity contribution is 6.31. The van der Waals surface area contributed by atoms with Crippen LogP contribution in [0.3, 0.4) is 0 Å². The minimum Gasteiger partial charge on any atom is -0.329 e. The van der Waals surface area contributed by atoms with Gasteiger partial charge in [-0.25, -0.2) is 9.37 Å². The average molecular weight is 294 g/mol. The summed E-state index contributed by atoms with van der Waals surface area (Å²) in [7, 11) is 1.85. The fraction of sp³-hybridized carbons (Fsp3) is 0.267. The first-order valence-electron chi connectivity index (χ1n) is 6.46. The third kappa shape index (κ3) is 3.46. The van der Waals surface area contributed by atoms with E-state index in [2.05, 4.69) is 10.3 Å². The molecule has 0 unspecified atom stereocenters. The summed E-state index contributed by atoms with van der Waals surface area (Å²) < 4.78 is 13.3. The van der Waals surface area contributed by atoms with Crippen molar-refractivity contribution in [3.63, 3.8) is 0 Å². The number of pyridine rings is 1. The zero-order valence-electron chi connectivity index (χ0n) is 11.5. The Hall–Kier alpha value is -1.65. The molecule has 5 heteroatoms. The smallest absolute Gasteiger partial charge is 0.133 e. The molecule has 1 aromatic heterocycles. The molecule has 1 heterocycles. The molecular weight excluding hydrogens is 277 g/mol. The minimum atomic E-state index is -0.267. The van der Waals surface area contributed by atoms with Crippen molar-refractivity contribution in [3.8, 4) is 0 Å².